The summed E-state index contributed by atoms with van der Waals surface area (Å²) in [5.41, 5.74) is 0.330. The van der Waals surface area contributed by atoms with Crippen molar-refractivity contribution >= 4 is 6.08 Å². The van der Waals surface area contributed by atoms with E-state index >= 15 is 0 Å². The van der Waals surface area contributed by atoms with Gasteiger partial charge in [0.05, 0.1) is 33.0 Å². The molecule has 0 aromatic heterocycles. The molecule has 2 aromatic rings. The number of fused-ring (bicyclic) bond motifs is 1. The summed E-state index contributed by atoms with van der Waals surface area (Å²) in [6.45, 7) is -1.44. The topological polar surface area (TPSA) is 267 Å². The first kappa shape index (κ1) is 33.7. The lowest BCUT2D eigenvalue weighted by Gasteiger charge is -2.41. The van der Waals surface area contributed by atoms with E-state index in [4.69, 9.17) is 33.2 Å². The molecule has 0 amide bonds. The lowest BCUT2D eigenvalue weighted by atomic mass is 9.98. The van der Waals surface area contributed by atoms with Gasteiger partial charge in [-0.25, -0.2) is 0 Å². The van der Waals surface area contributed by atoms with E-state index in [0.29, 0.717) is 0 Å². The molecule has 0 spiro atoms. The highest BCUT2D eigenvalue weighted by atomic mass is 16.7. The van der Waals surface area contributed by atoms with Crippen LogP contribution in [0.4, 0.5) is 0 Å². The monoisotopic (exact) mass is 656 g/mol. The Morgan fingerprint density at radius 1 is 0.652 bits per heavy atom. The van der Waals surface area contributed by atoms with Crippen LogP contribution in [0.3, 0.4) is 0 Å². The maximum atomic E-state index is 10.7. The molecule has 0 radical (unpaired) electrons. The number of ether oxygens (including phenoxy) is 7. The number of phenolic OH excluding ortho intramolecular Hbond substituents is 2. The van der Waals surface area contributed by atoms with Gasteiger partial charge in [-0.15, -0.1) is 0 Å². The number of rotatable bonds is 9. The molecule has 2 aromatic carbocycles. The predicted octanol–water partition coefficient (Wildman–Crippen LogP) is -2.42. The number of aromatic hydroxyl groups is 2. The van der Waals surface area contributed by atoms with Gasteiger partial charge in [-0.05, 0) is 18.2 Å². The summed E-state index contributed by atoms with van der Waals surface area (Å²) in [6, 6.07) is 5.13. The quantitative estimate of drug-likeness (QED) is 0.135. The molecule has 2 saturated heterocycles. The van der Waals surface area contributed by atoms with E-state index in [9.17, 15) is 51.1 Å². The average molecular weight is 657 g/mol. The summed E-state index contributed by atoms with van der Waals surface area (Å²) in [7, 11) is 2.61. The fraction of sp³-hybridized carbons (Fsp3) is 0.517. The van der Waals surface area contributed by atoms with Crippen molar-refractivity contribution in [1.82, 2.24) is 0 Å². The van der Waals surface area contributed by atoms with E-state index in [1.54, 1.807) is 0 Å². The highest BCUT2D eigenvalue weighted by molar-refractivity contribution is 5.70. The van der Waals surface area contributed by atoms with Crippen LogP contribution in [0, 0.1) is 0 Å². The summed E-state index contributed by atoms with van der Waals surface area (Å²) >= 11 is 0. The Hall–Kier alpha value is -3.62. The Morgan fingerprint density at radius 3 is 1.67 bits per heavy atom. The minimum Gasteiger partial charge on any atom is -0.508 e. The SMILES string of the molecule is COc1cc(C2Oc3cc(O)cc(O[C@@H]4O[C@@H](CO)[C@@H](O)[C@@H](O)[C@H]4O)c3C=C2O[C@H]2O[C@@H](CO)[C@@H](O)[C@@H](O)[C@H]2O)cc(OC)c1O. The van der Waals surface area contributed by atoms with Gasteiger partial charge in [0.1, 0.15) is 71.8 Å². The maximum absolute atomic E-state index is 10.7. The number of methoxy groups -OCH3 is 2. The Labute approximate surface area is 261 Å². The van der Waals surface area contributed by atoms with Crippen molar-refractivity contribution in [3.8, 4) is 34.5 Å². The number of aliphatic hydroxyl groups excluding tert-OH is 8. The van der Waals surface area contributed by atoms with Crippen molar-refractivity contribution < 1.29 is 84.2 Å². The van der Waals surface area contributed by atoms with Crippen molar-refractivity contribution in [1.29, 1.82) is 0 Å². The van der Waals surface area contributed by atoms with Gasteiger partial charge in [-0.2, -0.15) is 0 Å². The van der Waals surface area contributed by atoms with Crippen LogP contribution in [0.1, 0.15) is 17.2 Å². The van der Waals surface area contributed by atoms with Crippen molar-refractivity contribution in [2.75, 3.05) is 27.4 Å². The molecule has 0 saturated carbocycles. The fourth-order valence-corrected chi connectivity index (χ4v) is 5.31. The Morgan fingerprint density at radius 2 is 1.17 bits per heavy atom. The standard InChI is InChI=1S/C29H36O17/c1-40-15-3-10(4-16(41-2)20(15)33)27-17(44-29-26(39)24(37)22(35)19(9-31)46-29)7-12-13(42-27)5-11(32)6-14(12)43-28-25(38)23(36)21(34)18(8-30)45-28/h3-7,18-19,21-39H,8-9H2,1-2H3/t18-,19-,21+,22+,23+,24+,25+,26+,27?,28+,29-/m0/s1. The van der Waals surface area contributed by atoms with Crippen LogP contribution in [-0.4, -0.2) is 140 Å². The molecule has 254 valence electrons. The van der Waals surface area contributed by atoms with E-state index in [-0.39, 0.29) is 51.4 Å². The zero-order valence-corrected chi connectivity index (χ0v) is 24.5. The third-order valence-electron chi connectivity index (χ3n) is 7.88. The predicted molar refractivity (Wildman–Crippen MR) is 150 cm³/mol. The normalized spacial score (nSPS) is 34.1. The number of hydrogen-bond acceptors (Lipinski definition) is 17. The van der Waals surface area contributed by atoms with E-state index in [0.717, 1.165) is 6.07 Å². The van der Waals surface area contributed by atoms with Gasteiger partial charge in [-0.3, -0.25) is 0 Å². The third kappa shape index (κ3) is 6.21. The van der Waals surface area contributed by atoms with Crippen LogP contribution in [-0.2, 0) is 14.2 Å². The molecule has 3 aliphatic rings. The second-order valence-electron chi connectivity index (χ2n) is 10.8. The van der Waals surface area contributed by atoms with Crippen LogP contribution in [0.25, 0.3) is 6.08 Å². The number of benzene rings is 2. The van der Waals surface area contributed by atoms with Gasteiger partial charge < -0.3 is 84.2 Å². The molecule has 0 bridgehead atoms. The first-order valence-electron chi connectivity index (χ1n) is 14.1. The third-order valence-corrected chi connectivity index (χ3v) is 7.88. The fourth-order valence-electron chi connectivity index (χ4n) is 5.31. The van der Waals surface area contributed by atoms with E-state index in [1.807, 2.05) is 0 Å². The molecule has 17 heteroatoms. The summed E-state index contributed by atoms with van der Waals surface area (Å²) in [5.74, 6) is -1.05. The van der Waals surface area contributed by atoms with E-state index in [2.05, 4.69) is 0 Å². The Kier molecular flexibility index (Phi) is 9.99. The molecule has 5 rings (SSSR count). The van der Waals surface area contributed by atoms with Crippen LogP contribution >= 0.6 is 0 Å². The van der Waals surface area contributed by atoms with Crippen LogP contribution < -0.4 is 18.9 Å². The first-order valence-corrected chi connectivity index (χ1v) is 14.1. The smallest absolute Gasteiger partial charge is 0.229 e. The highest BCUT2D eigenvalue weighted by Gasteiger charge is 2.47. The molecular formula is C29H36O17. The summed E-state index contributed by atoms with van der Waals surface area (Å²) in [6.07, 6.45) is -16.3. The summed E-state index contributed by atoms with van der Waals surface area (Å²) < 4.78 is 39.5. The van der Waals surface area contributed by atoms with Gasteiger partial charge in [0, 0.05) is 17.7 Å². The second-order valence-corrected chi connectivity index (χ2v) is 10.8. The largest absolute Gasteiger partial charge is 0.508 e. The molecule has 46 heavy (non-hydrogen) atoms. The van der Waals surface area contributed by atoms with Gasteiger partial charge in [0.2, 0.25) is 18.3 Å². The zero-order valence-electron chi connectivity index (χ0n) is 24.5. The number of phenols is 2. The number of hydrogen-bond donors (Lipinski definition) is 10. The average Bonchev–Trinajstić information content (AvgIpc) is 3.05. The van der Waals surface area contributed by atoms with Crippen molar-refractivity contribution in [3.05, 3.63) is 41.2 Å². The molecular weight excluding hydrogens is 620 g/mol. The summed E-state index contributed by atoms with van der Waals surface area (Å²) in [4.78, 5) is 0. The molecule has 17 nitrogen and oxygen atoms in total. The molecule has 2 fully saturated rings. The molecule has 3 heterocycles. The van der Waals surface area contributed by atoms with Gasteiger partial charge in [0.25, 0.3) is 0 Å². The molecule has 0 aliphatic carbocycles. The van der Waals surface area contributed by atoms with Crippen LogP contribution in [0.2, 0.25) is 0 Å². The van der Waals surface area contributed by atoms with Crippen LogP contribution in [0.5, 0.6) is 34.5 Å². The first-order chi connectivity index (χ1) is 21.9. The number of aliphatic hydroxyl groups is 8. The van der Waals surface area contributed by atoms with Gasteiger partial charge in [0.15, 0.2) is 17.6 Å². The van der Waals surface area contributed by atoms with Crippen molar-refractivity contribution in [3.63, 3.8) is 0 Å². The van der Waals surface area contributed by atoms with Crippen molar-refractivity contribution in [2.45, 2.75) is 67.5 Å². The molecule has 11 atom stereocenters. The van der Waals surface area contributed by atoms with E-state index < -0.39 is 80.7 Å². The second kappa shape index (κ2) is 13.6. The zero-order chi connectivity index (χ0) is 33.4. The highest BCUT2D eigenvalue weighted by Crippen LogP contribution is 2.48. The molecule has 3 aliphatic heterocycles. The minimum atomic E-state index is -1.81. The maximum Gasteiger partial charge on any atom is 0.229 e. The Balaban J connectivity index is 1.59. The van der Waals surface area contributed by atoms with E-state index in [1.165, 1.54) is 38.5 Å². The lowest BCUT2D eigenvalue weighted by Crippen LogP contribution is -2.60. The Bertz CT molecular complexity index is 1390. The minimum absolute atomic E-state index is 0.0153. The lowest BCUT2D eigenvalue weighted by molar-refractivity contribution is -0.293. The van der Waals surface area contributed by atoms with Crippen molar-refractivity contribution in [2.24, 2.45) is 0 Å². The van der Waals surface area contributed by atoms with Gasteiger partial charge in [-0.1, -0.05) is 0 Å². The molecule has 10 N–H and O–H groups in total. The molecule has 1 unspecified atom stereocenters. The van der Waals surface area contributed by atoms with Crippen LogP contribution in [0.15, 0.2) is 30.0 Å². The summed E-state index contributed by atoms with van der Waals surface area (Å²) in [5, 5.41) is 102. The van der Waals surface area contributed by atoms with Gasteiger partial charge >= 0.3 is 0 Å².